The average molecular weight is 228 g/mol. The van der Waals surface area contributed by atoms with Crippen molar-refractivity contribution in [1.29, 1.82) is 5.26 Å². The van der Waals surface area contributed by atoms with Crippen molar-refractivity contribution >= 4 is 5.91 Å². The maximum absolute atomic E-state index is 12.1. The minimum atomic E-state index is -0.542. The Kier molecular flexibility index (Phi) is 3.43. The molecule has 1 aliphatic carbocycles. The molecule has 1 aromatic rings. The van der Waals surface area contributed by atoms with Crippen LogP contribution in [0.15, 0.2) is 30.3 Å². The maximum atomic E-state index is 12.1. The predicted molar refractivity (Wildman–Crippen MR) is 64.8 cm³/mol. The molecule has 1 saturated carbocycles. The molecule has 0 heterocycles. The predicted octanol–water partition coefficient (Wildman–Crippen LogP) is 2.34. The fourth-order valence-corrected chi connectivity index (χ4v) is 1.86. The molecule has 1 amide bonds. The topological polar surface area (TPSA) is 44.1 Å². The summed E-state index contributed by atoms with van der Waals surface area (Å²) in [5.74, 6) is -0.585. The van der Waals surface area contributed by atoms with Crippen LogP contribution in [0.3, 0.4) is 0 Å². The van der Waals surface area contributed by atoms with Gasteiger partial charge >= 0.3 is 0 Å². The van der Waals surface area contributed by atoms with E-state index in [0.717, 1.165) is 18.4 Å². The first kappa shape index (κ1) is 11.7. The lowest BCUT2D eigenvalue weighted by atomic mass is 10.1. The molecule has 0 spiro atoms. The van der Waals surface area contributed by atoms with E-state index in [4.69, 9.17) is 5.26 Å². The molecule has 0 saturated heterocycles. The third kappa shape index (κ3) is 2.85. The number of carbonyl (C=O) groups is 1. The SMILES string of the molecule is CC(C#N)C(=O)N(Cc1ccccc1)C1CC1. The molecule has 88 valence electrons. The van der Waals surface area contributed by atoms with Crippen LogP contribution < -0.4 is 0 Å². The Hall–Kier alpha value is -1.82. The van der Waals surface area contributed by atoms with E-state index in [1.165, 1.54) is 0 Å². The number of hydrogen-bond donors (Lipinski definition) is 0. The molecule has 1 unspecified atom stereocenters. The minimum absolute atomic E-state index is 0.0427. The van der Waals surface area contributed by atoms with Gasteiger partial charge < -0.3 is 4.90 Å². The summed E-state index contributed by atoms with van der Waals surface area (Å²) in [7, 11) is 0. The maximum Gasteiger partial charge on any atom is 0.240 e. The van der Waals surface area contributed by atoms with Gasteiger partial charge in [0.1, 0.15) is 5.92 Å². The summed E-state index contributed by atoms with van der Waals surface area (Å²) in [6, 6.07) is 12.3. The van der Waals surface area contributed by atoms with E-state index in [-0.39, 0.29) is 5.91 Å². The van der Waals surface area contributed by atoms with Gasteiger partial charge in [0, 0.05) is 12.6 Å². The highest BCUT2D eigenvalue weighted by molar-refractivity contribution is 5.81. The highest BCUT2D eigenvalue weighted by atomic mass is 16.2. The van der Waals surface area contributed by atoms with Crippen LogP contribution in [0.4, 0.5) is 0 Å². The molecule has 0 bridgehead atoms. The normalized spacial score (nSPS) is 16.0. The van der Waals surface area contributed by atoms with Crippen molar-refractivity contribution in [3.05, 3.63) is 35.9 Å². The van der Waals surface area contributed by atoms with Crippen molar-refractivity contribution in [2.45, 2.75) is 32.4 Å². The van der Waals surface area contributed by atoms with Gasteiger partial charge in [-0.3, -0.25) is 4.79 Å². The van der Waals surface area contributed by atoms with Crippen molar-refractivity contribution in [2.75, 3.05) is 0 Å². The lowest BCUT2D eigenvalue weighted by molar-refractivity contribution is -0.134. The van der Waals surface area contributed by atoms with E-state index >= 15 is 0 Å². The fraction of sp³-hybridized carbons (Fsp3) is 0.429. The summed E-state index contributed by atoms with van der Waals surface area (Å²) < 4.78 is 0. The molecule has 2 rings (SSSR count). The zero-order valence-electron chi connectivity index (χ0n) is 9.97. The molecular weight excluding hydrogens is 212 g/mol. The molecule has 1 aliphatic rings. The van der Waals surface area contributed by atoms with Gasteiger partial charge in [-0.15, -0.1) is 0 Å². The van der Waals surface area contributed by atoms with Crippen molar-refractivity contribution in [3.63, 3.8) is 0 Å². The number of nitriles is 1. The molecular formula is C14H16N2O. The van der Waals surface area contributed by atoms with Crippen LogP contribution in [-0.4, -0.2) is 16.8 Å². The Balaban J connectivity index is 2.09. The minimum Gasteiger partial charge on any atom is -0.334 e. The average Bonchev–Trinajstić information content (AvgIpc) is 3.19. The molecule has 3 nitrogen and oxygen atoms in total. The molecule has 0 aromatic heterocycles. The van der Waals surface area contributed by atoms with E-state index in [2.05, 4.69) is 0 Å². The largest absolute Gasteiger partial charge is 0.334 e. The molecule has 0 N–H and O–H groups in total. The van der Waals surface area contributed by atoms with Crippen molar-refractivity contribution in [1.82, 2.24) is 4.90 Å². The summed E-state index contributed by atoms with van der Waals surface area (Å²) >= 11 is 0. The fourth-order valence-electron chi connectivity index (χ4n) is 1.86. The van der Waals surface area contributed by atoms with Crippen LogP contribution in [0.1, 0.15) is 25.3 Å². The Morgan fingerprint density at radius 2 is 2.12 bits per heavy atom. The number of benzene rings is 1. The second kappa shape index (κ2) is 5.01. The number of nitrogens with zero attached hydrogens (tertiary/aromatic N) is 2. The summed E-state index contributed by atoms with van der Waals surface area (Å²) in [5, 5.41) is 8.82. The van der Waals surface area contributed by atoms with Crippen molar-refractivity contribution < 1.29 is 4.79 Å². The van der Waals surface area contributed by atoms with Crippen LogP contribution in [-0.2, 0) is 11.3 Å². The summed E-state index contributed by atoms with van der Waals surface area (Å²) in [4.78, 5) is 13.9. The Morgan fingerprint density at radius 1 is 1.47 bits per heavy atom. The van der Waals surface area contributed by atoms with E-state index in [0.29, 0.717) is 12.6 Å². The van der Waals surface area contributed by atoms with Crippen LogP contribution in [0.25, 0.3) is 0 Å². The molecule has 1 atom stereocenters. The van der Waals surface area contributed by atoms with Crippen LogP contribution >= 0.6 is 0 Å². The van der Waals surface area contributed by atoms with E-state index in [1.807, 2.05) is 41.3 Å². The number of amides is 1. The molecule has 17 heavy (non-hydrogen) atoms. The van der Waals surface area contributed by atoms with Crippen molar-refractivity contribution in [3.8, 4) is 6.07 Å². The summed E-state index contributed by atoms with van der Waals surface area (Å²) in [6.45, 7) is 2.29. The highest BCUT2D eigenvalue weighted by Gasteiger charge is 2.34. The van der Waals surface area contributed by atoms with Gasteiger partial charge in [0.15, 0.2) is 0 Å². The second-order valence-corrected chi connectivity index (χ2v) is 4.53. The van der Waals surface area contributed by atoms with Gasteiger partial charge in [0.2, 0.25) is 5.91 Å². The Bertz CT molecular complexity index is 431. The van der Waals surface area contributed by atoms with Gasteiger partial charge in [-0.05, 0) is 25.3 Å². The quantitative estimate of drug-likeness (QED) is 0.794. The molecule has 0 aliphatic heterocycles. The molecule has 3 heteroatoms. The first-order valence-electron chi connectivity index (χ1n) is 5.96. The van der Waals surface area contributed by atoms with Gasteiger partial charge in [-0.25, -0.2) is 0 Å². The van der Waals surface area contributed by atoms with E-state index in [9.17, 15) is 4.79 Å². The van der Waals surface area contributed by atoms with Crippen molar-refractivity contribution in [2.24, 2.45) is 5.92 Å². The Labute approximate surface area is 102 Å². The van der Waals surface area contributed by atoms with E-state index < -0.39 is 5.92 Å². The standard InChI is InChI=1S/C14H16N2O/c1-11(9-15)14(17)16(13-7-8-13)10-12-5-3-2-4-6-12/h2-6,11,13H,7-8,10H2,1H3. The first-order valence-corrected chi connectivity index (χ1v) is 5.96. The number of rotatable bonds is 4. The third-order valence-corrected chi connectivity index (χ3v) is 3.03. The first-order chi connectivity index (χ1) is 8.22. The third-order valence-electron chi connectivity index (χ3n) is 3.03. The zero-order valence-corrected chi connectivity index (χ0v) is 9.97. The zero-order chi connectivity index (χ0) is 12.3. The van der Waals surface area contributed by atoms with E-state index in [1.54, 1.807) is 6.92 Å². The Morgan fingerprint density at radius 3 is 2.65 bits per heavy atom. The molecule has 1 fully saturated rings. The van der Waals surface area contributed by atoms with Gasteiger partial charge in [0.25, 0.3) is 0 Å². The second-order valence-electron chi connectivity index (χ2n) is 4.53. The monoisotopic (exact) mass is 228 g/mol. The van der Waals surface area contributed by atoms with Crippen LogP contribution in [0.2, 0.25) is 0 Å². The smallest absolute Gasteiger partial charge is 0.240 e. The van der Waals surface area contributed by atoms with Gasteiger partial charge in [-0.2, -0.15) is 5.26 Å². The summed E-state index contributed by atoms with van der Waals surface area (Å²) in [6.07, 6.45) is 2.13. The van der Waals surface area contributed by atoms with Gasteiger partial charge in [-0.1, -0.05) is 30.3 Å². The summed E-state index contributed by atoms with van der Waals surface area (Å²) in [5.41, 5.74) is 1.12. The molecule has 0 radical (unpaired) electrons. The highest BCUT2D eigenvalue weighted by Crippen LogP contribution is 2.29. The number of hydrogen-bond acceptors (Lipinski definition) is 2. The number of carbonyl (C=O) groups excluding carboxylic acids is 1. The molecule has 1 aromatic carbocycles. The van der Waals surface area contributed by atoms with Crippen LogP contribution in [0, 0.1) is 17.2 Å². The lowest BCUT2D eigenvalue weighted by Crippen LogP contribution is -2.36. The van der Waals surface area contributed by atoms with Gasteiger partial charge in [0.05, 0.1) is 6.07 Å². The van der Waals surface area contributed by atoms with Crippen LogP contribution in [0.5, 0.6) is 0 Å². The lowest BCUT2D eigenvalue weighted by Gasteiger charge is -2.23.